The summed E-state index contributed by atoms with van der Waals surface area (Å²) in [5, 5.41) is 0.682. The average Bonchev–Trinajstić information content (AvgIpc) is 3.15. The van der Waals surface area contributed by atoms with Gasteiger partial charge in [-0.1, -0.05) is 51.8 Å². The number of methoxy groups -OCH3 is 1. The van der Waals surface area contributed by atoms with E-state index in [-0.39, 0.29) is 11.9 Å². The number of benzene rings is 3. The third kappa shape index (κ3) is 6.16. The van der Waals surface area contributed by atoms with E-state index in [1.807, 2.05) is 93.6 Å². The van der Waals surface area contributed by atoms with E-state index in [4.69, 9.17) is 14.5 Å². The smallest absolute Gasteiger partial charge is 0.266 e. The number of halogens is 1. The minimum absolute atomic E-state index is 0.00554. The summed E-state index contributed by atoms with van der Waals surface area (Å²) >= 11 is 4.83. The molecule has 0 N–H and O–H groups in total. The van der Waals surface area contributed by atoms with E-state index >= 15 is 0 Å². The van der Waals surface area contributed by atoms with E-state index in [9.17, 15) is 4.79 Å². The standard InChI is InChI=1S/C28H27BrN2O3S/c1-18(2)31-27(32)26(35-28(31)30-23-12-5-19(3)6-13-23)16-21-9-14-24(25(15-21)33-4)34-17-20-7-10-22(29)11-8-20/h5-16,18H,17H2,1-4H3/b26-16+,30-28?. The molecule has 1 aliphatic heterocycles. The largest absolute Gasteiger partial charge is 0.493 e. The number of hydrogen-bond donors (Lipinski definition) is 0. The molecule has 180 valence electrons. The van der Waals surface area contributed by atoms with Crippen LogP contribution in [0.4, 0.5) is 5.69 Å². The molecule has 0 bridgehead atoms. The number of aryl methyl sites for hydroxylation is 1. The van der Waals surface area contributed by atoms with Crippen molar-refractivity contribution < 1.29 is 14.3 Å². The minimum atomic E-state index is -0.0506. The number of amides is 1. The van der Waals surface area contributed by atoms with Crippen LogP contribution >= 0.6 is 27.7 Å². The number of aliphatic imine (C=N–C) groups is 1. The van der Waals surface area contributed by atoms with Crippen LogP contribution in [0, 0.1) is 6.92 Å². The molecule has 3 aromatic carbocycles. The van der Waals surface area contributed by atoms with Crippen LogP contribution < -0.4 is 9.47 Å². The van der Waals surface area contributed by atoms with Crippen molar-refractivity contribution in [3.63, 3.8) is 0 Å². The molecule has 0 radical (unpaired) electrons. The van der Waals surface area contributed by atoms with Crippen LogP contribution in [0.2, 0.25) is 0 Å². The van der Waals surface area contributed by atoms with Crippen LogP contribution in [0.5, 0.6) is 11.5 Å². The Labute approximate surface area is 219 Å². The SMILES string of the molecule is COc1cc(/C=C2/SC(=Nc3ccc(C)cc3)N(C(C)C)C2=O)ccc1OCc1ccc(Br)cc1. The van der Waals surface area contributed by atoms with Crippen molar-refractivity contribution in [1.29, 1.82) is 0 Å². The van der Waals surface area contributed by atoms with Gasteiger partial charge in [-0.15, -0.1) is 0 Å². The summed E-state index contributed by atoms with van der Waals surface area (Å²) in [5.74, 6) is 1.21. The Morgan fingerprint density at radius 2 is 1.74 bits per heavy atom. The molecule has 3 aromatic rings. The fourth-order valence-electron chi connectivity index (χ4n) is 3.54. The highest BCUT2D eigenvalue weighted by atomic mass is 79.9. The van der Waals surface area contributed by atoms with E-state index in [1.165, 1.54) is 17.3 Å². The van der Waals surface area contributed by atoms with Crippen molar-refractivity contribution in [3.05, 3.63) is 92.8 Å². The second-order valence-electron chi connectivity index (χ2n) is 8.43. The Balaban J connectivity index is 1.56. The van der Waals surface area contributed by atoms with Gasteiger partial charge in [-0.25, -0.2) is 4.99 Å². The van der Waals surface area contributed by atoms with E-state index < -0.39 is 0 Å². The molecule has 0 unspecified atom stereocenters. The van der Waals surface area contributed by atoms with Gasteiger partial charge in [0.2, 0.25) is 0 Å². The van der Waals surface area contributed by atoms with Crippen molar-refractivity contribution in [2.24, 2.45) is 4.99 Å². The molecule has 0 aliphatic carbocycles. The van der Waals surface area contributed by atoms with Gasteiger partial charge in [0.1, 0.15) is 6.61 Å². The van der Waals surface area contributed by atoms with Crippen LogP contribution in [-0.4, -0.2) is 29.1 Å². The van der Waals surface area contributed by atoms with E-state index in [0.717, 1.165) is 21.3 Å². The number of amidine groups is 1. The lowest BCUT2D eigenvalue weighted by atomic mass is 10.1. The number of ether oxygens (including phenoxy) is 2. The molecule has 0 spiro atoms. The Kier molecular flexibility index (Phi) is 7.98. The molecule has 4 rings (SSSR count). The zero-order chi connectivity index (χ0) is 24.9. The van der Waals surface area contributed by atoms with Gasteiger partial charge < -0.3 is 9.47 Å². The normalized spacial score (nSPS) is 15.9. The van der Waals surface area contributed by atoms with Crippen molar-refractivity contribution in [2.75, 3.05) is 7.11 Å². The summed E-state index contributed by atoms with van der Waals surface area (Å²) in [4.78, 5) is 20.3. The fourth-order valence-corrected chi connectivity index (χ4v) is 4.92. The number of carbonyl (C=O) groups excluding carboxylic acids is 1. The summed E-state index contributed by atoms with van der Waals surface area (Å²) in [6.45, 7) is 6.46. The Bertz CT molecular complexity index is 1270. The Hall–Kier alpha value is -3.03. The molecule has 1 saturated heterocycles. The molecule has 7 heteroatoms. The van der Waals surface area contributed by atoms with Crippen LogP contribution in [-0.2, 0) is 11.4 Å². The zero-order valence-corrected chi connectivity index (χ0v) is 22.5. The van der Waals surface area contributed by atoms with E-state index in [0.29, 0.717) is 28.2 Å². The molecule has 1 aliphatic rings. The average molecular weight is 552 g/mol. The topological polar surface area (TPSA) is 51.1 Å². The summed E-state index contributed by atoms with van der Waals surface area (Å²) in [5.41, 5.74) is 3.91. The maximum Gasteiger partial charge on any atom is 0.266 e. The lowest BCUT2D eigenvalue weighted by molar-refractivity contribution is -0.123. The van der Waals surface area contributed by atoms with Crippen molar-refractivity contribution in [3.8, 4) is 11.5 Å². The fraction of sp³-hybridized carbons (Fsp3) is 0.214. The van der Waals surface area contributed by atoms with Crippen molar-refractivity contribution in [2.45, 2.75) is 33.4 Å². The molecule has 0 atom stereocenters. The molecular formula is C28H27BrN2O3S. The molecule has 1 heterocycles. The first kappa shape index (κ1) is 25.1. The van der Waals surface area contributed by atoms with Crippen LogP contribution in [0.3, 0.4) is 0 Å². The van der Waals surface area contributed by atoms with Gasteiger partial charge in [0.25, 0.3) is 5.91 Å². The maximum absolute atomic E-state index is 13.2. The molecule has 1 fully saturated rings. The van der Waals surface area contributed by atoms with Gasteiger partial charge in [-0.2, -0.15) is 0 Å². The summed E-state index contributed by atoms with van der Waals surface area (Å²) < 4.78 is 12.6. The Morgan fingerprint density at radius 3 is 2.40 bits per heavy atom. The van der Waals surface area contributed by atoms with Gasteiger partial charge in [-0.3, -0.25) is 9.69 Å². The minimum Gasteiger partial charge on any atom is -0.493 e. The number of hydrogen-bond acceptors (Lipinski definition) is 5. The predicted molar refractivity (Wildman–Crippen MR) is 147 cm³/mol. The van der Waals surface area contributed by atoms with Crippen LogP contribution in [0.1, 0.15) is 30.5 Å². The number of rotatable bonds is 7. The lowest BCUT2D eigenvalue weighted by Crippen LogP contribution is -2.35. The molecule has 5 nitrogen and oxygen atoms in total. The molecule has 0 aromatic heterocycles. The first-order valence-corrected chi connectivity index (χ1v) is 12.9. The van der Waals surface area contributed by atoms with Gasteiger partial charge >= 0.3 is 0 Å². The first-order valence-electron chi connectivity index (χ1n) is 11.3. The monoisotopic (exact) mass is 550 g/mol. The quantitative estimate of drug-likeness (QED) is 0.288. The number of nitrogens with zero attached hydrogens (tertiary/aromatic N) is 2. The van der Waals surface area contributed by atoms with Gasteiger partial charge in [0.15, 0.2) is 16.7 Å². The second kappa shape index (κ2) is 11.1. The van der Waals surface area contributed by atoms with Crippen molar-refractivity contribution >= 4 is 50.5 Å². The summed E-state index contributed by atoms with van der Waals surface area (Å²) in [6, 6.07) is 21.6. The number of thioether (sulfide) groups is 1. The number of carbonyl (C=O) groups is 1. The van der Waals surface area contributed by atoms with E-state index in [1.54, 1.807) is 12.0 Å². The molecule has 35 heavy (non-hydrogen) atoms. The van der Waals surface area contributed by atoms with Gasteiger partial charge in [-0.05, 0) is 86.1 Å². The first-order chi connectivity index (χ1) is 16.8. The van der Waals surface area contributed by atoms with Gasteiger partial charge in [0.05, 0.1) is 17.7 Å². The second-order valence-corrected chi connectivity index (χ2v) is 10.4. The van der Waals surface area contributed by atoms with Gasteiger partial charge in [0, 0.05) is 10.5 Å². The van der Waals surface area contributed by atoms with Crippen LogP contribution in [0.15, 0.2) is 81.1 Å². The highest BCUT2D eigenvalue weighted by Gasteiger charge is 2.35. The third-order valence-corrected chi connectivity index (χ3v) is 6.92. The lowest BCUT2D eigenvalue weighted by Gasteiger charge is -2.19. The van der Waals surface area contributed by atoms with Crippen LogP contribution in [0.25, 0.3) is 6.08 Å². The maximum atomic E-state index is 13.2. The highest BCUT2D eigenvalue weighted by molar-refractivity contribution is 9.10. The molecule has 1 amide bonds. The van der Waals surface area contributed by atoms with E-state index in [2.05, 4.69) is 15.9 Å². The summed E-state index contributed by atoms with van der Waals surface area (Å²) in [6.07, 6.45) is 1.88. The zero-order valence-electron chi connectivity index (χ0n) is 20.1. The highest BCUT2D eigenvalue weighted by Crippen LogP contribution is 2.37. The molecular weight excluding hydrogens is 524 g/mol. The third-order valence-electron chi connectivity index (χ3n) is 5.41. The van der Waals surface area contributed by atoms with Crippen molar-refractivity contribution in [1.82, 2.24) is 4.90 Å². The predicted octanol–water partition coefficient (Wildman–Crippen LogP) is 7.36. The summed E-state index contributed by atoms with van der Waals surface area (Å²) in [7, 11) is 1.61. The molecule has 0 saturated carbocycles. The Morgan fingerprint density at radius 1 is 1.03 bits per heavy atom.